The molecule has 0 spiro atoms. The molecule has 1 amide bonds. The molecule has 9 heteroatoms. The van der Waals surface area contributed by atoms with Gasteiger partial charge in [0.25, 0.3) is 11.7 Å². The smallest absolute Gasteiger partial charge is 0.295 e. The predicted molar refractivity (Wildman–Crippen MR) is 143 cm³/mol. The van der Waals surface area contributed by atoms with Crippen LogP contribution in [0, 0.1) is 6.92 Å². The van der Waals surface area contributed by atoms with E-state index in [2.05, 4.69) is 0 Å². The number of amides is 1. The number of aliphatic hydroxyl groups is 1. The van der Waals surface area contributed by atoms with Crippen LogP contribution in [0.5, 0.6) is 23.0 Å². The Morgan fingerprint density at radius 1 is 1.00 bits per heavy atom. The van der Waals surface area contributed by atoms with Gasteiger partial charge in [-0.15, -0.1) is 0 Å². The fraction of sp³-hybridized carbons (Fsp3) is 0.448. The normalized spacial score (nSPS) is 16.7. The molecule has 0 aromatic heterocycles. The van der Waals surface area contributed by atoms with Crippen molar-refractivity contribution < 1.29 is 38.4 Å². The van der Waals surface area contributed by atoms with Crippen molar-refractivity contribution in [3.05, 3.63) is 52.6 Å². The molecule has 1 atom stereocenters. The Bertz CT molecular complexity index is 1180. The van der Waals surface area contributed by atoms with E-state index in [0.717, 1.165) is 5.56 Å². The number of carbonyl (C=O) groups excluding carboxylic acids is 2. The van der Waals surface area contributed by atoms with E-state index in [1.165, 1.54) is 26.2 Å². The minimum Gasteiger partial charge on any atom is -0.507 e. The third kappa shape index (κ3) is 5.88. The topological polar surface area (TPSA) is 104 Å². The number of likely N-dealkylation sites (tertiary alicyclic amines) is 1. The molecule has 1 aliphatic rings. The summed E-state index contributed by atoms with van der Waals surface area (Å²) < 4.78 is 27.7. The zero-order valence-electron chi connectivity index (χ0n) is 23.1. The Kier molecular flexibility index (Phi) is 9.63. The fourth-order valence-corrected chi connectivity index (χ4v) is 4.54. The largest absolute Gasteiger partial charge is 0.507 e. The highest BCUT2D eigenvalue weighted by molar-refractivity contribution is 6.46. The van der Waals surface area contributed by atoms with Gasteiger partial charge in [-0.05, 0) is 75.6 Å². The maximum Gasteiger partial charge on any atom is 0.295 e. The lowest BCUT2D eigenvalue weighted by atomic mass is 9.94. The van der Waals surface area contributed by atoms with Crippen LogP contribution >= 0.6 is 0 Å². The Morgan fingerprint density at radius 3 is 2.18 bits per heavy atom. The number of aryl methyl sites for hydroxylation is 1. The van der Waals surface area contributed by atoms with E-state index in [0.29, 0.717) is 53.8 Å². The van der Waals surface area contributed by atoms with Crippen LogP contribution < -0.4 is 18.9 Å². The van der Waals surface area contributed by atoms with Gasteiger partial charge in [-0.3, -0.25) is 9.59 Å². The van der Waals surface area contributed by atoms with Crippen LogP contribution in [0.2, 0.25) is 0 Å². The average molecular weight is 528 g/mol. The highest BCUT2D eigenvalue weighted by Crippen LogP contribution is 2.46. The maximum absolute atomic E-state index is 13.4. The molecule has 2 aromatic rings. The summed E-state index contributed by atoms with van der Waals surface area (Å²) in [6.45, 7) is 8.77. The van der Waals surface area contributed by atoms with Gasteiger partial charge in [0.15, 0.2) is 11.5 Å². The first-order valence-electron chi connectivity index (χ1n) is 12.6. The standard InChI is InChI=1S/C29H37NO8/c1-8-37-21-11-10-19(14-18(21)4)26(31)24-25(20-15-22(34-5)28(36-7)23(16-20)35-6)30(29(33)27(24)32)12-9-13-38-17(2)3/h10-11,14-17,25,31H,8-9,12-13H2,1-7H3/b26-24+. The van der Waals surface area contributed by atoms with E-state index in [-0.39, 0.29) is 24.0 Å². The third-order valence-electron chi connectivity index (χ3n) is 6.29. The lowest BCUT2D eigenvalue weighted by molar-refractivity contribution is -0.140. The third-order valence-corrected chi connectivity index (χ3v) is 6.29. The molecule has 1 heterocycles. The summed E-state index contributed by atoms with van der Waals surface area (Å²) >= 11 is 0. The van der Waals surface area contributed by atoms with Gasteiger partial charge in [0.1, 0.15) is 11.5 Å². The molecule has 206 valence electrons. The fourth-order valence-electron chi connectivity index (χ4n) is 4.54. The molecule has 0 radical (unpaired) electrons. The van der Waals surface area contributed by atoms with Crippen LogP contribution in [-0.2, 0) is 14.3 Å². The molecule has 38 heavy (non-hydrogen) atoms. The van der Waals surface area contributed by atoms with Crippen LogP contribution in [-0.4, -0.2) is 68.9 Å². The van der Waals surface area contributed by atoms with Gasteiger partial charge in [-0.1, -0.05) is 0 Å². The molecule has 0 saturated carbocycles. The van der Waals surface area contributed by atoms with E-state index in [1.54, 1.807) is 30.3 Å². The SMILES string of the molecule is CCOc1ccc(/C(O)=C2\C(=O)C(=O)N(CCCOC(C)C)C2c2cc(OC)c(OC)c(OC)c2)cc1C. The first-order valence-corrected chi connectivity index (χ1v) is 12.6. The minimum atomic E-state index is -0.880. The molecule has 9 nitrogen and oxygen atoms in total. The molecule has 0 bridgehead atoms. The number of benzene rings is 2. The van der Waals surface area contributed by atoms with Crippen LogP contribution in [0.1, 0.15) is 49.9 Å². The Morgan fingerprint density at radius 2 is 1.66 bits per heavy atom. The number of ether oxygens (including phenoxy) is 5. The van der Waals surface area contributed by atoms with Crippen LogP contribution in [0.25, 0.3) is 5.76 Å². The Hall–Kier alpha value is -3.72. The molecule has 1 aliphatic heterocycles. The van der Waals surface area contributed by atoms with Crippen molar-refractivity contribution in [2.45, 2.75) is 46.3 Å². The summed E-state index contributed by atoms with van der Waals surface area (Å²) in [4.78, 5) is 28.1. The van der Waals surface area contributed by atoms with Crippen molar-refractivity contribution in [2.24, 2.45) is 0 Å². The first-order chi connectivity index (χ1) is 18.2. The second kappa shape index (κ2) is 12.7. The van der Waals surface area contributed by atoms with Gasteiger partial charge in [-0.25, -0.2) is 0 Å². The van der Waals surface area contributed by atoms with E-state index < -0.39 is 17.7 Å². The summed E-state index contributed by atoms with van der Waals surface area (Å²) in [6, 6.07) is 7.63. The minimum absolute atomic E-state index is 0.0161. The van der Waals surface area contributed by atoms with Gasteiger partial charge in [0.05, 0.1) is 45.7 Å². The van der Waals surface area contributed by atoms with Crippen molar-refractivity contribution in [3.8, 4) is 23.0 Å². The zero-order valence-corrected chi connectivity index (χ0v) is 23.1. The summed E-state index contributed by atoms with van der Waals surface area (Å²) in [7, 11) is 4.48. The molecular weight excluding hydrogens is 490 g/mol. The van der Waals surface area contributed by atoms with Gasteiger partial charge in [-0.2, -0.15) is 0 Å². The van der Waals surface area contributed by atoms with Crippen molar-refractivity contribution in [1.82, 2.24) is 4.90 Å². The number of nitrogens with zero attached hydrogens (tertiary/aromatic N) is 1. The maximum atomic E-state index is 13.4. The highest BCUT2D eigenvalue weighted by atomic mass is 16.5. The Balaban J connectivity index is 2.17. The number of ketones is 1. The number of Topliss-reactive ketones (excluding diaryl/α,β-unsaturated/α-hetero) is 1. The van der Waals surface area contributed by atoms with Crippen molar-refractivity contribution >= 4 is 17.4 Å². The summed E-state index contributed by atoms with van der Waals surface area (Å²) in [6.07, 6.45) is 0.549. The quantitative estimate of drug-likeness (QED) is 0.184. The van der Waals surface area contributed by atoms with Crippen LogP contribution in [0.3, 0.4) is 0 Å². The molecule has 1 fully saturated rings. The number of methoxy groups -OCH3 is 3. The van der Waals surface area contributed by atoms with Gasteiger partial charge >= 0.3 is 0 Å². The monoisotopic (exact) mass is 527 g/mol. The average Bonchev–Trinajstić information content (AvgIpc) is 3.15. The van der Waals surface area contributed by atoms with E-state index in [4.69, 9.17) is 23.7 Å². The van der Waals surface area contributed by atoms with Gasteiger partial charge in [0.2, 0.25) is 5.75 Å². The summed E-state index contributed by atoms with van der Waals surface area (Å²) in [5, 5.41) is 11.4. The zero-order chi connectivity index (χ0) is 28.0. The number of carbonyl (C=O) groups is 2. The molecular formula is C29H37NO8. The highest BCUT2D eigenvalue weighted by Gasteiger charge is 2.46. The lowest BCUT2D eigenvalue weighted by Gasteiger charge is -2.26. The van der Waals surface area contributed by atoms with Crippen molar-refractivity contribution in [3.63, 3.8) is 0 Å². The van der Waals surface area contributed by atoms with Crippen LogP contribution in [0.15, 0.2) is 35.9 Å². The second-order valence-corrected chi connectivity index (χ2v) is 9.14. The number of aliphatic hydroxyl groups excluding tert-OH is 1. The molecule has 2 aromatic carbocycles. The van der Waals surface area contributed by atoms with Crippen molar-refractivity contribution in [1.29, 1.82) is 0 Å². The van der Waals surface area contributed by atoms with Crippen LogP contribution in [0.4, 0.5) is 0 Å². The predicted octanol–water partition coefficient (Wildman–Crippen LogP) is 4.66. The second-order valence-electron chi connectivity index (χ2n) is 9.14. The van der Waals surface area contributed by atoms with E-state index >= 15 is 0 Å². The molecule has 0 aliphatic carbocycles. The summed E-state index contributed by atoms with van der Waals surface area (Å²) in [5.74, 6) is 0.0586. The van der Waals surface area contributed by atoms with E-state index in [9.17, 15) is 14.7 Å². The van der Waals surface area contributed by atoms with Gasteiger partial charge < -0.3 is 33.7 Å². The van der Waals surface area contributed by atoms with E-state index in [1.807, 2.05) is 27.7 Å². The number of rotatable bonds is 12. The number of hydrogen-bond donors (Lipinski definition) is 1. The molecule has 3 rings (SSSR count). The molecule has 1 N–H and O–H groups in total. The molecule has 1 saturated heterocycles. The lowest BCUT2D eigenvalue weighted by Crippen LogP contribution is -2.31. The number of hydrogen-bond acceptors (Lipinski definition) is 8. The molecule has 1 unspecified atom stereocenters. The first kappa shape index (κ1) is 28.8. The van der Waals surface area contributed by atoms with Gasteiger partial charge in [0, 0.05) is 18.7 Å². The summed E-state index contributed by atoms with van der Waals surface area (Å²) in [5.41, 5.74) is 1.72. The van der Waals surface area contributed by atoms with Crippen molar-refractivity contribution in [2.75, 3.05) is 41.1 Å². The Labute approximate surface area is 223 Å².